The molecule has 0 fully saturated rings. The summed E-state index contributed by atoms with van der Waals surface area (Å²) in [6, 6.07) is 6.96. The highest BCUT2D eigenvalue weighted by Gasteiger charge is 2.15. The fraction of sp³-hybridized carbons (Fsp3) is 0.100. The van der Waals surface area contributed by atoms with Crippen LogP contribution in [0, 0.1) is 4.91 Å². The van der Waals surface area contributed by atoms with E-state index in [1.807, 2.05) is 0 Å². The Labute approximate surface area is 96.8 Å². The first-order valence-electron chi connectivity index (χ1n) is 4.55. The molecule has 0 amide bonds. The number of halogens is 1. The van der Waals surface area contributed by atoms with Crippen LogP contribution in [0.2, 0.25) is 5.02 Å². The van der Waals surface area contributed by atoms with Crippen molar-refractivity contribution in [1.82, 2.24) is 9.78 Å². The van der Waals surface area contributed by atoms with E-state index < -0.39 is 0 Å². The number of nitrogen functional groups attached to an aromatic ring is 1. The van der Waals surface area contributed by atoms with Crippen molar-refractivity contribution in [3.63, 3.8) is 0 Å². The van der Waals surface area contributed by atoms with Gasteiger partial charge in [0, 0.05) is 17.6 Å². The Morgan fingerprint density at radius 3 is 2.56 bits per heavy atom. The van der Waals surface area contributed by atoms with Crippen LogP contribution in [0.15, 0.2) is 29.4 Å². The maximum absolute atomic E-state index is 10.7. The number of hydrogen-bond donors (Lipinski definition) is 1. The molecule has 0 aliphatic rings. The smallest absolute Gasteiger partial charge is 0.177 e. The van der Waals surface area contributed by atoms with Crippen LogP contribution in [-0.2, 0) is 7.05 Å². The van der Waals surface area contributed by atoms with Crippen LogP contribution >= 0.6 is 11.6 Å². The predicted octanol–water partition coefficient (Wildman–Crippen LogP) is 2.72. The molecule has 0 saturated heterocycles. The van der Waals surface area contributed by atoms with Crippen molar-refractivity contribution in [3.8, 4) is 11.3 Å². The molecule has 2 rings (SSSR count). The van der Waals surface area contributed by atoms with Crippen LogP contribution in [0.4, 0.5) is 11.5 Å². The Balaban J connectivity index is 2.59. The molecule has 0 saturated carbocycles. The molecule has 6 heteroatoms. The minimum atomic E-state index is 0.157. The monoisotopic (exact) mass is 236 g/mol. The number of aryl methyl sites for hydroxylation is 1. The predicted molar refractivity (Wildman–Crippen MR) is 63.5 cm³/mol. The lowest BCUT2D eigenvalue weighted by Gasteiger charge is -1.96. The molecular weight excluding hydrogens is 228 g/mol. The standard InChI is InChI=1S/C10H9ClN4O/c1-15-10(12)9(14-16)8(13-15)6-2-4-7(11)5-3-6/h2-5H,12H2,1H3. The van der Waals surface area contributed by atoms with Crippen molar-refractivity contribution in [2.45, 2.75) is 0 Å². The van der Waals surface area contributed by atoms with Gasteiger partial charge in [0.05, 0.1) is 0 Å². The number of nitrogens with two attached hydrogens (primary N) is 1. The molecule has 1 heterocycles. The molecule has 1 aromatic heterocycles. The van der Waals surface area contributed by atoms with Crippen LogP contribution in [0.1, 0.15) is 0 Å². The van der Waals surface area contributed by atoms with Gasteiger partial charge in [0.2, 0.25) is 0 Å². The van der Waals surface area contributed by atoms with E-state index in [9.17, 15) is 4.91 Å². The van der Waals surface area contributed by atoms with Crippen LogP contribution in [0.5, 0.6) is 0 Å². The topological polar surface area (TPSA) is 73.3 Å². The van der Waals surface area contributed by atoms with E-state index in [1.54, 1.807) is 31.3 Å². The average Bonchev–Trinajstić information content (AvgIpc) is 2.56. The van der Waals surface area contributed by atoms with Gasteiger partial charge in [-0.1, -0.05) is 23.7 Å². The van der Waals surface area contributed by atoms with Crippen LogP contribution < -0.4 is 5.73 Å². The number of hydrogen-bond acceptors (Lipinski definition) is 4. The first-order chi connectivity index (χ1) is 7.63. The van der Waals surface area contributed by atoms with Crippen molar-refractivity contribution in [1.29, 1.82) is 0 Å². The molecule has 0 radical (unpaired) electrons. The summed E-state index contributed by atoms with van der Waals surface area (Å²) in [5.41, 5.74) is 7.04. The van der Waals surface area contributed by atoms with Gasteiger partial charge in [-0.25, -0.2) is 0 Å². The lowest BCUT2D eigenvalue weighted by atomic mass is 10.1. The summed E-state index contributed by atoms with van der Waals surface area (Å²) in [6.45, 7) is 0. The zero-order valence-corrected chi connectivity index (χ0v) is 9.27. The molecular formula is C10H9ClN4O. The molecule has 0 aliphatic heterocycles. The largest absolute Gasteiger partial charge is 0.382 e. The Kier molecular flexibility index (Phi) is 2.62. The molecule has 82 valence electrons. The normalized spacial score (nSPS) is 10.4. The van der Waals surface area contributed by atoms with E-state index in [0.717, 1.165) is 5.56 Å². The zero-order chi connectivity index (χ0) is 11.7. The zero-order valence-electron chi connectivity index (χ0n) is 8.51. The molecule has 5 nitrogen and oxygen atoms in total. The second kappa shape index (κ2) is 3.94. The third-order valence-corrected chi connectivity index (χ3v) is 2.53. The van der Waals surface area contributed by atoms with E-state index in [2.05, 4.69) is 10.3 Å². The average molecular weight is 237 g/mol. The number of benzene rings is 1. The fourth-order valence-electron chi connectivity index (χ4n) is 1.42. The quantitative estimate of drug-likeness (QED) is 0.815. The molecule has 0 aliphatic carbocycles. The first-order valence-corrected chi connectivity index (χ1v) is 4.93. The molecule has 0 spiro atoms. The third-order valence-electron chi connectivity index (χ3n) is 2.27. The van der Waals surface area contributed by atoms with Gasteiger partial charge in [-0.2, -0.15) is 5.10 Å². The van der Waals surface area contributed by atoms with Gasteiger partial charge in [0.15, 0.2) is 11.5 Å². The summed E-state index contributed by atoms with van der Waals surface area (Å²) in [5.74, 6) is 0.250. The van der Waals surface area contributed by atoms with E-state index in [-0.39, 0.29) is 11.5 Å². The summed E-state index contributed by atoms with van der Waals surface area (Å²) in [4.78, 5) is 10.7. The molecule has 0 atom stereocenters. The maximum Gasteiger partial charge on any atom is 0.177 e. The van der Waals surface area contributed by atoms with Crippen molar-refractivity contribution >= 4 is 23.1 Å². The van der Waals surface area contributed by atoms with Crippen molar-refractivity contribution in [2.75, 3.05) is 5.73 Å². The van der Waals surface area contributed by atoms with Gasteiger partial charge in [0.25, 0.3) is 0 Å². The first kappa shape index (κ1) is 10.6. The summed E-state index contributed by atoms with van der Waals surface area (Å²) >= 11 is 5.77. The molecule has 0 bridgehead atoms. The van der Waals surface area contributed by atoms with Crippen molar-refractivity contribution < 1.29 is 0 Å². The third kappa shape index (κ3) is 1.65. The summed E-state index contributed by atoms with van der Waals surface area (Å²) < 4.78 is 1.42. The molecule has 16 heavy (non-hydrogen) atoms. The molecule has 2 N–H and O–H groups in total. The van der Waals surface area contributed by atoms with Crippen LogP contribution in [0.3, 0.4) is 0 Å². The minimum absolute atomic E-state index is 0.157. The number of nitrogens with zero attached hydrogens (tertiary/aromatic N) is 3. The highest BCUT2D eigenvalue weighted by atomic mass is 35.5. The molecule has 0 unspecified atom stereocenters. The Morgan fingerprint density at radius 2 is 2.00 bits per heavy atom. The number of aromatic nitrogens is 2. The van der Waals surface area contributed by atoms with Gasteiger partial charge < -0.3 is 5.73 Å². The molecule has 2 aromatic rings. The summed E-state index contributed by atoms with van der Waals surface area (Å²) in [6.07, 6.45) is 0. The highest BCUT2D eigenvalue weighted by molar-refractivity contribution is 6.30. The SMILES string of the molecule is Cn1nc(-c2ccc(Cl)cc2)c(N=O)c1N. The van der Waals surface area contributed by atoms with Crippen molar-refractivity contribution in [2.24, 2.45) is 12.2 Å². The number of nitroso groups, excluding NO2 is 1. The Hall–Kier alpha value is -1.88. The van der Waals surface area contributed by atoms with Gasteiger partial charge >= 0.3 is 0 Å². The highest BCUT2D eigenvalue weighted by Crippen LogP contribution is 2.34. The van der Waals surface area contributed by atoms with E-state index in [4.69, 9.17) is 17.3 Å². The summed E-state index contributed by atoms with van der Waals surface area (Å²) in [5, 5.41) is 7.65. The second-order valence-corrected chi connectivity index (χ2v) is 3.74. The number of rotatable bonds is 2. The lowest BCUT2D eigenvalue weighted by Crippen LogP contribution is -1.96. The number of anilines is 1. The van der Waals surface area contributed by atoms with E-state index in [1.165, 1.54) is 4.68 Å². The fourth-order valence-corrected chi connectivity index (χ4v) is 1.54. The van der Waals surface area contributed by atoms with E-state index in [0.29, 0.717) is 10.7 Å². The van der Waals surface area contributed by atoms with Gasteiger partial charge in [-0.3, -0.25) is 4.68 Å². The molecule has 1 aromatic carbocycles. The minimum Gasteiger partial charge on any atom is -0.382 e. The Bertz CT molecular complexity index is 532. The second-order valence-electron chi connectivity index (χ2n) is 3.30. The van der Waals surface area contributed by atoms with Crippen molar-refractivity contribution in [3.05, 3.63) is 34.2 Å². The Morgan fingerprint density at radius 1 is 1.38 bits per heavy atom. The van der Waals surface area contributed by atoms with Gasteiger partial charge in [0.1, 0.15) is 5.69 Å². The summed E-state index contributed by atoms with van der Waals surface area (Å²) in [7, 11) is 1.66. The van der Waals surface area contributed by atoms with Crippen LogP contribution in [-0.4, -0.2) is 9.78 Å². The maximum atomic E-state index is 10.7. The van der Waals surface area contributed by atoms with E-state index >= 15 is 0 Å². The van der Waals surface area contributed by atoms with Crippen LogP contribution in [0.25, 0.3) is 11.3 Å². The lowest BCUT2D eigenvalue weighted by molar-refractivity contribution is 0.782. The van der Waals surface area contributed by atoms with Gasteiger partial charge in [-0.05, 0) is 17.3 Å². The van der Waals surface area contributed by atoms with Gasteiger partial charge in [-0.15, -0.1) is 4.91 Å².